The molecule has 0 spiro atoms. The number of urea groups is 1. The number of imide groups is 1. The summed E-state index contributed by atoms with van der Waals surface area (Å²) in [6.07, 6.45) is 0.263. The molecule has 1 aromatic rings. The minimum atomic E-state index is -1.15. The Morgan fingerprint density at radius 1 is 1.27 bits per heavy atom. The topological polar surface area (TPSA) is 94.2 Å². The summed E-state index contributed by atoms with van der Waals surface area (Å²) in [5, 5.41) is 2.67. The number of benzene rings is 1. The number of ether oxygens (including phenoxy) is 3. The van der Waals surface area contributed by atoms with Gasteiger partial charge in [0.1, 0.15) is 17.7 Å². The zero-order valence-electron chi connectivity index (χ0n) is 15.3. The average Bonchev–Trinajstić information content (AvgIpc) is 3.04. The minimum absolute atomic E-state index is 0.162. The lowest BCUT2D eigenvalue weighted by Gasteiger charge is -2.23. The van der Waals surface area contributed by atoms with E-state index >= 15 is 0 Å². The van der Waals surface area contributed by atoms with Gasteiger partial charge in [-0.25, -0.2) is 4.79 Å². The van der Waals surface area contributed by atoms with Gasteiger partial charge in [0, 0.05) is 6.42 Å². The van der Waals surface area contributed by atoms with Crippen molar-refractivity contribution >= 4 is 17.9 Å². The second kappa shape index (κ2) is 6.19. The highest BCUT2D eigenvalue weighted by atomic mass is 16.7. The fourth-order valence-electron chi connectivity index (χ4n) is 2.97. The van der Waals surface area contributed by atoms with Crippen LogP contribution in [0.2, 0.25) is 0 Å². The summed E-state index contributed by atoms with van der Waals surface area (Å²) in [5.41, 5.74) is -1.02. The lowest BCUT2D eigenvalue weighted by molar-refractivity contribution is -0.157. The Hall–Kier alpha value is -2.77. The molecule has 0 radical (unpaired) electrons. The van der Waals surface area contributed by atoms with Crippen LogP contribution in [0.25, 0.3) is 0 Å². The third-order valence-electron chi connectivity index (χ3n) is 4.05. The normalized spacial score (nSPS) is 21.8. The van der Waals surface area contributed by atoms with Crippen LogP contribution in [-0.2, 0) is 20.7 Å². The van der Waals surface area contributed by atoms with Gasteiger partial charge in [-0.05, 0) is 45.4 Å². The van der Waals surface area contributed by atoms with Crippen LogP contribution in [0.3, 0.4) is 0 Å². The van der Waals surface area contributed by atoms with E-state index in [0.29, 0.717) is 11.5 Å². The summed E-state index contributed by atoms with van der Waals surface area (Å²) in [7, 11) is 0. The number of nitrogens with zero attached hydrogens (tertiary/aromatic N) is 1. The standard InChI is InChI=1S/C18H22N2O6/c1-17(2,3)26-14(21)9-20-15(22)18(4,19-16(20)23)8-11-5-6-12-13(7-11)25-10-24-12/h5-7H,8-10H2,1-4H3,(H,19,23). The third-order valence-corrected chi connectivity index (χ3v) is 4.05. The van der Waals surface area contributed by atoms with Crippen LogP contribution in [-0.4, -0.2) is 47.3 Å². The van der Waals surface area contributed by atoms with Gasteiger partial charge >= 0.3 is 12.0 Å². The van der Waals surface area contributed by atoms with Crippen LogP contribution in [0.1, 0.15) is 33.3 Å². The lowest BCUT2D eigenvalue weighted by Crippen LogP contribution is -2.46. The number of nitrogens with one attached hydrogen (secondary N) is 1. The lowest BCUT2D eigenvalue weighted by atomic mass is 9.92. The number of hydrogen-bond donors (Lipinski definition) is 1. The predicted octanol–water partition coefficient (Wildman–Crippen LogP) is 1.61. The molecule has 1 unspecified atom stereocenters. The Kier molecular flexibility index (Phi) is 4.29. The van der Waals surface area contributed by atoms with Crippen molar-refractivity contribution in [1.29, 1.82) is 0 Å². The van der Waals surface area contributed by atoms with Gasteiger partial charge in [0.25, 0.3) is 5.91 Å². The third kappa shape index (κ3) is 3.58. The summed E-state index contributed by atoms with van der Waals surface area (Å²) < 4.78 is 15.8. The Bertz CT molecular complexity index is 769. The first-order valence-electron chi connectivity index (χ1n) is 8.32. The fraction of sp³-hybridized carbons (Fsp3) is 0.500. The molecule has 26 heavy (non-hydrogen) atoms. The Balaban J connectivity index is 1.71. The highest BCUT2D eigenvalue weighted by molar-refractivity contribution is 6.08. The quantitative estimate of drug-likeness (QED) is 0.646. The van der Waals surface area contributed by atoms with E-state index in [2.05, 4.69) is 5.32 Å². The van der Waals surface area contributed by atoms with Crippen LogP contribution < -0.4 is 14.8 Å². The van der Waals surface area contributed by atoms with Gasteiger partial charge in [-0.15, -0.1) is 0 Å². The van der Waals surface area contributed by atoms with E-state index in [9.17, 15) is 14.4 Å². The summed E-state index contributed by atoms with van der Waals surface area (Å²) in [6, 6.07) is 4.75. The van der Waals surface area contributed by atoms with Crippen molar-refractivity contribution in [3.8, 4) is 11.5 Å². The molecule has 0 saturated carbocycles. The molecule has 2 heterocycles. The number of rotatable bonds is 4. The smallest absolute Gasteiger partial charge is 0.326 e. The molecule has 2 aliphatic rings. The monoisotopic (exact) mass is 362 g/mol. The molecule has 1 aromatic carbocycles. The number of carbonyl (C=O) groups excluding carboxylic acids is 3. The molecule has 2 aliphatic heterocycles. The van der Waals surface area contributed by atoms with Crippen molar-refractivity contribution in [3.63, 3.8) is 0 Å². The molecule has 3 rings (SSSR count). The van der Waals surface area contributed by atoms with Crippen LogP contribution >= 0.6 is 0 Å². The van der Waals surface area contributed by atoms with E-state index in [-0.39, 0.29) is 13.2 Å². The summed E-state index contributed by atoms with van der Waals surface area (Å²) in [4.78, 5) is 37.8. The Morgan fingerprint density at radius 2 is 1.96 bits per heavy atom. The molecule has 0 bridgehead atoms. The van der Waals surface area contributed by atoms with Gasteiger partial charge in [-0.3, -0.25) is 14.5 Å². The molecule has 3 amide bonds. The maximum atomic E-state index is 12.8. The molecule has 1 fully saturated rings. The molecule has 0 aromatic heterocycles. The van der Waals surface area contributed by atoms with Crippen molar-refractivity contribution in [2.45, 2.75) is 45.3 Å². The highest BCUT2D eigenvalue weighted by Gasteiger charge is 2.48. The molecule has 140 valence electrons. The molecule has 8 nitrogen and oxygen atoms in total. The van der Waals surface area contributed by atoms with Crippen molar-refractivity contribution in [2.75, 3.05) is 13.3 Å². The molecule has 1 saturated heterocycles. The predicted molar refractivity (Wildman–Crippen MR) is 90.8 cm³/mol. The second-order valence-electron chi connectivity index (χ2n) is 7.60. The van der Waals surface area contributed by atoms with Gasteiger partial charge in [0.05, 0.1) is 0 Å². The Labute approximate surface area is 151 Å². The zero-order chi connectivity index (χ0) is 19.1. The van der Waals surface area contributed by atoms with Crippen molar-refractivity contribution in [3.05, 3.63) is 23.8 Å². The van der Waals surface area contributed by atoms with E-state index < -0.39 is 35.6 Å². The number of esters is 1. The maximum absolute atomic E-state index is 12.8. The van der Waals surface area contributed by atoms with Gasteiger partial charge in [-0.1, -0.05) is 6.07 Å². The van der Waals surface area contributed by atoms with Crippen LogP contribution in [0.4, 0.5) is 4.79 Å². The zero-order valence-corrected chi connectivity index (χ0v) is 15.3. The van der Waals surface area contributed by atoms with Gasteiger partial charge < -0.3 is 19.5 Å². The van der Waals surface area contributed by atoms with Crippen molar-refractivity contribution in [2.24, 2.45) is 0 Å². The molecular weight excluding hydrogens is 340 g/mol. The van der Waals surface area contributed by atoms with E-state index in [1.54, 1.807) is 39.8 Å². The molecule has 0 aliphatic carbocycles. The largest absolute Gasteiger partial charge is 0.459 e. The SMILES string of the molecule is CC(C)(C)OC(=O)CN1C(=O)NC(C)(Cc2ccc3c(c2)OCO3)C1=O. The summed E-state index contributed by atoms with van der Waals surface area (Å²) in [6.45, 7) is 6.54. The van der Waals surface area contributed by atoms with E-state index in [4.69, 9.17) is 14.2 Å². The van der Waals surface area contributed by atoms with Crippen LogP contribution in [0, 0.1) is 0 Å². The van der Waals surface area contributed by atoms with Crippen molar-refractivity contribution in [1.82, 2.24) is 10.2 Å². The van der Waals surface area contributed by atoms with E-state index in [1.165, 1.54) is 0 Å². The molecule has 1 atom stereocenters. The number of carbonyl (C=O) groups is 3. The highest BCUT2D eigenvalue weighted by Crippen LogP contribution is 2.34. The average molecular weight is 362 g/mol. The molecule has 8 heteroatoms. The summed E-state index contributed by atoms with van der Waals surface area (Å²) in [5.74, 6) is 0.153. The minimum Gasteiger partial charge on any atom is -0.459 e. The van der Waals surface area contributed by atoms with Gasteiger partial charge in [-0.2, -0.15) is 0 Å². The second-order valence-corrected chi connectivity index (χ2v) is 7.60. The summed E-state index contributed by atoms with van der Waals surface area (Å²) >= 11 is 0. The van der Waals surface area contributed by atoms with E-state index in [0.717, 1.165) is 10.5 Å². The number of hydrogen-bond acceptors (Lipinski definition) is 6. The van der Waals surface area contributed by atoms with Crippen molar-refractivity contribution < 1.29 is 28.6 Å². The fourth-order valence-corrected chi connectivity index (χ4v) is 2.97. The van der Waals surface area contributed by atoms with Gasteiger partial charge in [0.15, 0.2) is 11.5 Å². The van der Waals surface area contributed by atoms with Gasteiger partial charge in [0.2, 0.25) is 6.79 Å². The van der Waals surface area contributed by atoms with E-state index in [1.807, 2.05) is 6.07 Å². The van der Waals surface area contributed by atoms with Crippen LogP contribution in [0.15, 0.2) is 18.2 Å². The molecule has 1 N–H and O–H groups in total. The first-order chi connectivity index (χ1) is 12.1. The number of fused-ring (bicyclic) bond motifs is 1. The first-order valence-corrected chi connectivity index (χ1v) is 8.32. The number of amides is 3. The molecular formula is C18H22N2O6. The van der Waals surface area contributed by atoms with Crippen LogP contribution in [0.5, 0.6) is 11.5 Å². The maximum Gasteiger partial charge on any atom is 0.326 e. The first kappa shape index (κ1) is 18.0. The Morgan fingerprint density at radius 3 is 2.65 bits per heavy atom.